The predicted molar refractivity (Wildman–Crippen MR) is 104 cm³/mol. The van der Waals surface area contributed by atoms with Gasteiger partial charge >= 0.3 is 0 Å². The first kappa shape index (κ1) is 15.6. The summed E-state index contributed by atoms with van der Waals surface area (Å²) in [6.45, 7) is 0. The second-order valence-corrected chi connectivity index (χ2v) is 6.53. The number of amides is 1. The number of fused-ring (bicyclic) bond motifs is 2. The lowest BCUT2D eigenvalue weighted by Gasteiger charge is -2.38. The van der Waals surface area contributed by atoms with Gasteiger partial charge in [0.15, 0.2) is 0 Å². The van der Waals surface area contributed by atoms with Gasteiger partial charge in [-0.15, -0.1) is 0 Å². The van der Waals surface area contributed by atoms with Gasteiger partial charge in [0.05, 0.1) is 5.56 Å². The van der Waals surface area contributed by atoms with Gasteiger partial charge in [-0.1, -0.05) is 30.3 Å². The summed E-state index contributed by atoms with van der Waals surface area (Å²) in [5.41, 5.74) is 3.98. The van der Waals surface area contributed by atoms with Gasteiger partial charge < -0.3 is 10.3 Å². The molecule has 1 aliphatic heterocycles. The highest BCUT2D eigenvalue weighted by molar-refractivity contribution is 6.12. The molecule has 5 rings (SSSR count). The lowest BCUT2D eigenvalue weighted by Crippen LogP contribution is -2.43. The number of H-pyrrole nitrogens is 1. The zero-order valence-electron chi connectivity index (χ0n) is 14.3. The monoisotopic (exact) mass is 357 g/mol. The fourth-order valence-corrected chi connectivity index (χ4v) is 3.66. The number of rotatable bonds is 2. The minimum atomic E-state index is -0.408. The highest BCUT2D eigenvalue weighted by atomic mass is 19.1. The van der Waals surface area contributed by atoms with Crippen LogP contribution < -0.4 is 10.2 Å². The molecule has 27 heavy (non-hydrogen) atoms. The van der Waals surface area contributed by atoms with Gasteiger partial charge in [-0.2, -0.15) is 0 Å². The van der Waals surface area contributed by atoms with Crippen LogP contribution in [0.2, 0.25) is 0 Å². The van der Waals surface area contributed by atoms with Gasteiger partial charge in [0, 0.05) is 34.0 Å². The number of carbonyl (C=O) groups is 1. The highest BCUT2D eigenvalue weighted by Crippen LogP contribution is 2.38. The van der Waals surface area contributed by atoms with Crippen LogP contribution in [-0.4, -0.2) is 10.9 Å². The van der Waals surface area contributed by atoms with Crippen molar-refractivity contribution >= 4 is 28.2 Å². The molecular formula is C22H16FN3O. The van der Waals surface area contributed by atoms with Crippen LogP contribution in [0.5, 0.6) is 0 Å². The summed E-state index contributed by atoms with van der Waals surface area (Å²) in [4.78, 5) is 18.3. The molecule has 2 N–H and O–H groups in total. The number of nitrogens with zero attached hydrogens (tertiary/aromatic N) is 1. The van der Waals surface area contributed by atoms with Crippen molar-refractivity contribution in [1.82, 2.24) is 4.98 Å². The number of carbonyl (C=O) groups excluding carboxylic acids is 1. The SMILES string of the molecule is O=C1c2ccccc2N[C@H](c2c[nH]c3ccccc23)N1c1ccc(F)cc1. The van der Waals surface area contributed by atoms with Crippen molar-refractivity contribution in [2.24, 2.45) is 0 Å². The van der Waals surface area contributed by atoms with E-state index < -0.39 is 6.17 Å². The Hall–Kier alpha value is -3.60. The Kier molecular flexibility index (Phi) is 3.47. The maximum Gasteiger partial charge on any atom is 0.262 e. The molecule has 3 aromatic carbocycles. The Morgan fingerprint density at radius 2 is 1.63 bits per heavy atom. The molecule has 5 heteroatoms. The Bertz CT molecular complexity index is 1150. The molecule has 1 amide bonds. The van der Waals surface area contributed by atoms with Gasteiger partial charge in [-0.25, -0.2) is 4.39 Å². The molecule has 0 radical (unpaired) electrons. The van der Waals surface area contributed by atoms with E-state index in [4.69, 9.17) is 0 Å². The predicted octanol–water partition coefficient (Wildman–Crippen LogP) is 5.08. The molecule has 2 heterocycles. The smallest absolute Gasteiger partial charge is 0.262 e. The van der Waals surface area contributed by atoms with E-state index in [0.29, 0.717) is 11.3 Å². The van der Waals surface area contributed by atoms with Crippen LogP contribution >= 0.6 is 0 Å². The topological polar surface area (TPSA) is 48.1 Å². The average molecular weight is 357 g/mol. The summed E-state index contributed by atoms with van der Waals surface area (Å²) in [6, 6.07) is 21.4. The molecule has 0 spiro atoms. The molecule has 0 aliphatic carbocycles. The minimum Gasteiger partial charge on any atom is -0.361 e. The summed E-state index contributed by atoms with van der Waals surface area (Å²) in [5.74, 6) is -0.452. The van der Waals surface area contributed by atoms with Crippen LogP contribution in [0.1, 0.15) is 22.1 Å². The Labute approximate surface area is 155 Å². The van der Waals surface area contributed by atoms with Crippen molar-refractivity contribution in [3.05, 3.63) is 95.9 Å². The van der Waals surface area contributed by atoms with E-state index in [-0.39, 0.29) is 11.7 Å². The fourth-order valence-electron chi connectivity index (χ4n) is 3.66. The van der Waals surface area contributed by atoms with Crippen molar-refractivity contribution in [1.29, 1.82) is 0 Å². The number of para-hydroxylation sites is 2. The van der Waals surface area contributed by atoms with E-state index in [2.05, 4.69) is 10.3 Å². The number of halogens is 1. The van der Waals surface area contributed by atoms with E-state index in [9.17, 15) is 9.18 Å². The molecule has 0 saturated heterocycles. The largest absolute Gasteiger partial charge is 0.361 e. The van der Waals surface area contributed by atoms with Gasteiger partial charge in [0.25, 0.3) is 5.91 Å². The molecule has 0 fully saturated rings. The molecule has 0 unspecified atom stereocenters. The van der Waals surface area contributed by atoms with E-state index in [1.807, 2.05) is 48.7 Å². The number of hydrogen-bond donors (Lipinski definition) is 2. The van der Waals surface area contributed by atoms with E-state index in [0.717, 1.165) is 22.2 Å². The van der Waals surface area contributed by atoms with E-state index in [1.165, 1.54) is 12.1 Å². The second-order valence-electron chi connectivity index (χ2n) is 6.53. The van der Waals surface area contributed by atoms with Crippen LogP contribution in [0.15, 0.2) is 79.0 Å². The molecule has 0 saturated carbocycles. The molecule has 4 aromatic rings. The third kappa shape index (κ3) is 2.47. The average Bonchev–Trinajstić information content (AvgIpc) is 3.13. The lowest BCUT2D eigenvalue weighted by atomic mass is 10.0. The number of aromatic amines is 1. The Balaban J connectivity index is 1.71. The maximum atomic E-state index is 13.4. The van der Waals surface area contributed by atoms with Crippen molar-refractivity contribution < 1.29 is 9.18 Å². The zero-order chi connectivity index (χ0) is 18.4. The standard InChI is InChI=1S/C22H16FN3O/c23-14-9-11-15(12-10-14)26-21(18-13-24-19-7-3-1-5-16(18)19)25-20-8-4-2-6-17(20)22(26)27/h1-13,21,24-25H/t21-/m0/s1. The van der Waals surface area contributed by atoms with Crippen LogP contribution in [0.4, 0.5) is 15.8 Å². The first-order valence-corrected chi connectivity index (χ1v) is 8.73. The van der Waals surface area contributed by atoms with E-state index in [1.54, 1.807) is 23.1 Å². The molecule has 4 nitrogen and oxygen atoms in total. The number of aromatic nitrogens is 1. The number of anilines is 2. The van der Waals surface area contributed by atoms with Crippen molar-refractivity contribution in [3.8, 4) is 0 Å². The Morgan fingerprint density at radius 3 is 2.48 bits per heavy atom. The maximum absolute atomic E-state index is 13.4. The zero-order valence-corrected chi connectivity index (χ0v) is 14.3. The molecule has 132 valence electrons. The first-order chi connectivity index (χ1) is 13.2. The third-order valence-electron chi connectivity index (χ3n) is 4.95. The third-order valence-corrected chi connectivity index (χ3v) is 4.95. The summed E-state index contributed by atoms with van der Waals surface area (Å²) in [7, 11) is 0. The van der Waals surface area contributed by atoms with Crippen LogP contribution in [-0.2, 0) is 0 Å². The minimum absolute atomic E-state index is 0.119. The van der Waals surface area contributed by atoms with Gasteiger partial charge in [-0.3, -0.25) is 9.69 Å². The quantitative estimate of drug-likeness (QED) is 0.526. The number of hydrogen-bond acceptors (Lipinski definition) is 2. The second kappa shape index (κ2) is 5.99. The van der Waals surface area contributed by atoms with Crippen molar-refractivity contribution in [2.45, 2.75) is 6.17 Å². The summed E-state index contributed by atoms with van der Waals surface area (Å²) in [6.07, 6.45) is 1.51. The van der Waals surface area contributed by atoms with Crippen LogP contribution in [0.3, 0.4) is 0 Å². The van der Waals surface area contributed by atoms with Gasteiger partial charge in [0.2, 0.25) is 0 Å². The Morgan fingerprint density at radius 1 is 0.889 bits per heavy atom. The van der Waals surface area contributed by atoms with Crippen LogP contribution in [0.25, 0.3) is 10.9 Å². The number of nitrogens with one attached hydrogen (secondary N) is 2. The molecule has 1 aromatic heterocycles. The van der Waals surface area contributed by atoms with Crippen LogP contribution in [0, 0.1) is 5.82 Å². The van der Waals surface area contributed by atoms with E-state index >= 15 is 0 Å². The molecule has 1 atom stereocenters. The number of benzene rings is 3. The van der Waals surface area contributed by atoms with Crippen molar-refractivity contribution in [3.63, 3.8) is 0 Å². The fraction of sp³-hybridized carbons (Fsp3) is 0.0455. The van der Waals surface area contributed by atoms with Crippen molar-refractivity contribution in [2.75, 3.05) is 10.2 Å². The summed E-state index contributed by atoms with van der Waals surface area (Å²) >= 11 is 0. The molecule has 0 bridgehead atoms. The summed E-state index contributed by atoms with van der Waals surface area (Å²) in [5, 5.41) is 4.51. The first-order valence-electron chi connectivity index (χ1n) is 8.73. The normalized spacial score (nSPS) is 16.3. The highest BCUT2D eigenvalue weighted by Gasteiger charge is 2.35. The van der Waals surface area contributed by atoms with Gasteiger partial charge in [-0.05, 0) is 42.5 Å². The summed E-state index contributed by atoms with van der Waals surface area (Å²) < 4.78 is 13.4. The lowest BCUT2D eigenvalue weighted by molar-refractivity contribution is 0.0975. The molecule has 1 aliphatic rings. The van der Waals surface area contributed by atoms with Gasteiger partial charge in [0.1, 0.15) is 12.0 Å². The molecular weight excluding hydrogens is 341 g/mol.